The number of alkyl halides is 3. The molecule has 36 heavy (non-hydrogen) atoms. The number of benzene rings is 2. The van der Waals surface area contributed by atoms with Crippen LogP contribution in [0.3, 0.4) is 0 Å². The number of halogens is 5. The molecule has 1 saturated heterocycles. The standard InChI is InChI=1S/C24H23Cl2F3N4O3/c1-35-17-6-3-15(4-7-17)22-21(26)23(24(27,28)29)30-33(22)14-20(34)32-11-9-31(10-12-32)16-5-8-18(25)19(13-16)36-2/h3-8,13H,9-12,14H2,1-2H3. The maximum absolute atomic E-state index is 13.6. The molecule has 1 aliphatic rings. The normalized spacial score (nSPS) is 14.2. The monoisotopic (exact) mass is 542 g/mol. The molecule has 0 bridgehead atoms. The maximum Gasteiger partial charge on any atom is 0.436 e. The first-order valence-corrected chi connectivity index (χ1v) is 11.7. The third-order valence-corrected chi connectivity index (χ3v) is 6.61. The Morgan fingerprint density at radius 1 is 1.00 bits per heavy atom. The first-order chi connectivity index (χ1) is 17.1. The van der Waals surface area contributed by atoms with Gasteiger partial charge in [0.1, 0.15) is 18.0 Å². The van der Waals surface area contributed by atoms with Crippen LogP contribution in [-0.2, 0) is 17.5 Å². The molecule has 2 heterocycles. The molecule has 0 aliphatic carbocycles. The Hall–Kier alpha value is -3.11. The zero-order valence-corrected chi connectivity index (χ0v) is 21.0. The topological polar surface area (TPSA) is 59.8 Å². The molecular weight excluding hydrogens is 520 g/mol. The molecule has 0 N–H and O–H groups in total. The number of rotatable bonds is 6. The van der Waals surface area contributed by atoms with E-state index in [1.807, 2.05) is 12.1 Å². The van der Waals surface area contributed by atoms with Gasteiger partial charge < -0.3 is 19.3 Å². The van der Waals surface area contributed by atoms with Crippen molar-refractivity contribution in [2.45, 2.75) is 12.7 Å². The number of methoxy groups -OCH3 is 2. The molecule has 1 amide bonds. The minimum Gasteiger partial charge on any atom is -0.497 e. The highest BCUT2D eigenvalue weighted by Crippen LogP contribution is 2.40. The van der Waals surface area contributed by atoms with Crippen molar-refractivity contribution in [1.82, 2.24) is 14.7 Å². The second-order valence-corrected chi connectivity index (χ2v) is 8.87. The van der Waals surface area contributed by atoms with Gasteiger partial charge >= 0.3 is 6.18 Å². The van der Waals surface area contributed by atoms with E-state index in [0.717, 1.165) is 10.4 Å². The van der Waals surface area contributed by atoms with E-state index in [2.05, 4.69) is 10.00 Å². The van der Waals surface area contributed by atoms with Gasteiger partial charge in [-0.3, -0.25) is 9.48 Å². The minimum atomic E-state index is -4.77. The Balaban J connectivity index is 1.52. The first-order valence-electron chi connectivity index (χ1n) is 11.0. The van der Waals surface area contributed by atoms with Gasteiger partial charge in [0.05, 0.1) is 30.0 Å². The van der Waals surface area contributed by atoms with E-state index in [0.29, 0.717) is 48.3 Å². The van der Waals surface area contributed by atoms with Crippen molar-refractivity contribution in [1.29, 1.82) is 0 Å². The number of piperazine rings is 1. The SMILES string of the molecule is COc1ccc(-c2c(Cl)c(C(F)(F)F)nn2CC(=O)N2CCN(c3ccc(Cl)c(OC)c3)CC2)cc1. The summed E-state index contributed by atoms with van der Waals surface area (Å²) < 4.78 is 52.1. The summed E-state index contributed by atoms with van der Waals surface area (Å²) in [5, 5.41) is 3.61. The zero-order chi connectivity index (χ0) is 26.0. The number of carbonyl (C=O) groups excluding carboxylic acids is 1. The molecule has 4 rings (SSSR count). The van der Waals surface area contributed by atoms with Gasteiger partial charge in [0.2, 0.25) is 5.91 Å². The third kappa shape index (κ3) is 5.34. The summed E-state index contributed by atoms with van der Waals surface area (Å²) >= 11 is 12.2. The molecule has 0 saturated carbocycles. The van der Waals surface area contributed by atoms with Crippen LogP contribution >= 0.6 is 23.2 Å². The molecule has 12 heteroatoms. The summed E-state index contributed by atoms with van der Waals surface area (Å²) in [7, 11) is 3.02. The molecule has 1 fully saturated rings. The fourth-order valence-electron chi connectivity index (χ4n) is 4.05. The smallest absolute Gasteiger partial charge is 0.436 e. The average Bonchev–Trinajstić information content (AvgIpc) is 3.20. The number of hydrogen-bond acceptors (Lipinski definition) is 5. The molecule has 0 atom stereocenters. The van der Waals surface area contributed by atoms with Gasteiger partial charge in [-0.25, -0.2) is 0 Å². The molecule has 2 aromatic carbocycles. The van der Waals surface area contributed by atoms with Gasteiger partial charge in [-0.1, -0.05) is 23.2 Å². The van der Waals surface area contributed by atoms with Crippen molar-refractivity contribution in [2.24, 2.45) is 0 Å². The second-order valence-electron chi connectivity index (χ2n) is 8.08. The van der Waals surface area contributed by atoms with Crippen molar-refractivity contribution in [3.05, 3.63) is 58.2 Å². The number of anilines is 1. The quantitative estimate of drug-likeness (QED) is 0.426. The number of aromatic nitrogens is 2. The summed E-state index contributed by atoms with van der Waals surface area (Å²) in [6, 6.07) is 11.8. The predicted molar refractivity (Wildman–Crippen MR) is 131 cm³/mol. The van der Waals surface area contributed by atoms with Crippen molar-refractivity contribution < 1.29 is 27.4 Å². The molecule has 0 unspecified atom stereocenters. The van der Waals surface area contributed by atoms with Crippen LogP contribution in [0, 0.1) is 0 Å². The van der Waals surface area contributed by atoms with E-state index >= 15 is 0 Å². The van der Waals surface area contributed by atoms with Crippen molar-refractivity contribution >= 4 is 34.8 Å². The van der Waals surface area contributed by atoms with Crippen molar-refractivity contribution in [3.8, 4) is 22.8 Å². The zero-order valence-electron chi connectivity index (χ0n) is 19.5. The number of carbonyl (C=O) groups is 1. The average molecular weight is 543 g/mol. The largest absolute Gasteiger partial charge is 0.497 e. The molecule has 0 spiro atoms. The third-order valence-electron chi connectivity index (χ3n) is 5.94. The highest BCUT2D eigenvalue weighted by molar-refractivity contribution is 6.34. The summed E-state index contributed by atoms with van der Waals surface area (Å²) in [6.45, 7) is 1.47. The molecule has 0 radical (unpaired) electrons. The summed E-state index contributed by atoms with van der Waals surface area (Å²) in [6.07, 6.45) is -4.77. The lowest BCUT2D eigenvalue weighted by Crippen LogP contribution is -2.49. The van der Waals surface area contributed by atoms with Crippen molar-refractivity contribution in [3.63, 3.8) is 0 Å². The van der Waals surface area contributed by atoms with Gasteiger partial charge in [-0.2, -0.15) is 18.3 Å². The lowest BCUT2D eigenvalue weighted by atomic mass is 10.1. The molecule has 192 valence electrons. The number of ether oxygens (including phenoxy) is 2. The van der Waals surface area contributed by atoms with Crippen LogP contribution in [0.15, 0.2) is 42.5 Å². The minimum absolute atomic E-state index is 0.0203. The maximum atomic E-state index is 13.6. The Morgan fingerprint density at radius 3 is 2.25 bits per heavy atom. The molecule has 3 aromatic rings. The Labute approximate surface area is 215 Å². The van der Waals surface area contributed by atoms with Gasteiger partial charge in [-0.05, 0) is 36.4 Å². The van der Waals surface area contributed by atoms with E-state index in [4.69, 9.17) is 32.7 Å². The molecule has 1 aliphatic heterocycles. The van der Waals surface area contributed by atoms with Crippen LogP contribution in [0.4, 0.5) is 18.9 Å². The number of hydrogen-bond donors (Lipinski definition) is 0. The van der Waals surface area contributed by atoms with Gasteiger partial charge in [-0.15, -0.1) is 0 Å². The highest BCUT2D eigenvalue weighted by atomic mass is 35.5. The van der Waals surface area contributed by atoms with E-state index in [-0.39, 0.29) is 18.1 Å². The summed E-state index contributed by atoms with van der Waals surface area (Å²) in [5.74, 6) is 0.727. The lowest BCUT2D eigenvalue weighted by Gasteiger charge is -2.36. The summed E-state index contributed by atoms with van der Waals surface area (Å²) in [5.41, 5.74) is 0.0769. The van der Waals surface area contributed by atoms with Crippen LogP contribution in [0.5, 0.6) is 11.5 Å². The number of nitrogens with zero attached hydrogens (tertiary/aromatic N) is 4. The van der Waals surface area contributed by atoms with Crippen LogP contribution in [0.25, 0.3) is 11.3 Å². The Kier molecular flexibility index (Phi) is 7.56. The molecule has 1 aromatic heterocycles. The Bertz CT molecular complexity index is 1240. The second kappa shape index (κ2) is 10.5. The van der Waals surface area contributed by atoms with E-state index < -0.39 is 16.9 Å². The van der Waals surface area contributed by atoms with E-state index in [1.165, 1.54) is 14.2 Å². The first kappa shape index (κ1) is 26.0. The fraction of sp³-hybridized carbons (Fsp3) is 0.333. The van der Waals surface area contributed by atoms with Gasteiger partial charge in [0.25, 0.3) is 0 Å². The van der Waals surface area contributed by atoms with E-state index in [9.17, 15) is 18.0 Å². The van der Waals surface area contributed by atoms with Crippen LogP contribution in [0.2, 0.25) is 10.0 Å². The number of amides is 1. The molecule has 7 nitrogen and oxygen atoms in total. The predicted octanol–water partition coefficient (Wildman–Crippen LogP) is 5.24. The van der Waals surface area contributed by atoms with Crippen LogP contribution in [-0.4, -0.2) is 61.0 Å². The van der Waals surface area contributed by atoms with Crippen LogP contribution in [0.1, 0.15) is 5.69 Å². The van der Waals surface area contributed by atoms with Gasteiger partial charge in [0, 0.05) is 43.5 Å². The fourth-order valence-corrected chi connectivity index (χ4v) is 4.59. The Morgan fingerprint density at radius 2 is 1.67 bits per heavy atom. The summed E-state index contributed by atoms with van der Waals surface area (Å²) in [4.78, 5) is 16.8. The van der Waals surface area contributed by atoms with Gasteiger partial charge in [0.15, 0.2) is 5.69 Å². The van der Waals surface area contributed by atoms with Crippen molar-refractivity contribution in [2.75, 3.05) is 45.3 Å². The lowest BCUT2D eigenvalue weighted by molar-refractivity contribution is -0.142. The molecular formula is C24H23Cl2F3N4O3. The highest BCUT2D eigenvalue weighted by Gasteiger charge is 2.39. The van der Waals surface area contributed by atoms with E-state index in [1.54, 1.807) is 35.2 Å². The van der Waals surface area contributed by atoms with Crippen LogP contribution < -0.4 is 14.4 Å².